The number of anilines is 1. The van der Waals surface area contributed by atoms with E-state index in [2.05, 4.69) is 90.8 Å². The average Bonchev–Trinajstić information content (AvgIpc) is 3.24. The van der Waals surface area contributed by atoms with Crippen LogP contribution < -0.4 is 10.2 Å². The van der Waals surface area contributed by atoms with Crippen molar-refractivity contribution in [3.8, 4) is 0 Å². The minimum absolute atomic E-state index is 0.00864. The van der Waals surface area contributed by atoms with Crippen LogP contribution in [0.2, 0.25) is 0 Å². The average molecular weight is 419 g/mol. The van der Waals surface area contributed by atoms with E-state index < -0.39 is 0 Å². The highest BCUT2D eigenvalue weighted by molar-refractivity contribution is 7.80. The predicted molar refractivity (Wildman–Crippen MR) is 128 cm³/mol. The molecule has 0 bridgehead atoms. The molecule has 1 fully saturated rings. The number of rotatable bonds is 5. The van der Waals surface area contributed by atoms with Crippen LogP contribution in [0.5, 0.6) is 0 Å². The molecule has 0 radical (unpaired) electrons. The molecule has 0 aliphatic carbocycles. The van der Waals surface area contributed by atoms with Crippen LogP contribution in [0.25, 0.3) is 0 Å². The maximum atomic E-state index is 5.85. The standard InChI is InChI=1S/C25H30N4S/c1-6-19-10-12-20(13-11-19)29-24(21-15-17(4)28(16(2)3)18(21)5)23(27-25(29)30)22-9-7-8-14-26-22/h7-16,23-24H,6H2,1-5H3,(H,27,30)/t23-,24+/m1/s1. The molecule has 0 unspecified atom stereocenters. The lowest BCUT2D eigenvalue weighted by Gasteiger charge is -2.28. The fourth-order valence-corrected chi connectivity index (χ4v) is 5.08. The Morgan fingerprint density at radius 1 is 1.10 bits per heavy atom. The van der Waals surface area contributed by atoms with Gasteiger partial charge in [-0.05, 0) is 87.8 Å². The molecule has 2 aromatic heterocycles. The minimum atomic E-state index is -0.00864. The first-order chi connectivity index (χ1) is 14.4. The lowest BCUT2D eigenvalue weighted by molar-refractivity contribution is 0.547. The molecular weight excluding hydrogens is 388 g/mol. The second-order valence-corrected chi connectivity index (χ2v) is 8.69. The molecule has 0 saturated carbocycles. The van der Waals surface area contributed by atoms with E-state index in [4.69, 9.17) is 12.2 Å². The highest BCUT2D eigenvalue weighted by atomic mass is 32.1. The van der Waals surface area contributed by atoms with E-state index in [9.17, 15) is 0 Å². The normalized spacial score (nSPS) is 18.9. The monoisotopic (exact) mass is 418 g/mol. The number of aryl methyl sites for hydroxylation is 2. The maximum absolute atomic E-state index is 5.85. The number of hydrogen-bond acceptors (Lipinski definition) is 2. The Balaban J connectivity index is 1.87. The fraction of sp³-hybridized carbons (Fsp3) is 0.360. The number of thiocarbonyl (C=S) groups is 1. The molecule has 1 aliphatic heterocycles. The van der Waals surface area contributed by atoms with Crippen LogP contribution in [-0.2, 0) is 6.42 Å². The van der Waals surface area contributed by atoms with Gasteiger partial charge in [-0.25, -0.2) is 0 Å². The molecule has 0 spiro atoms. The van der Waals surface area contributed by atoms with Gasteiger partial charge in [0.05, 0.1) is 17.8 Å². The van der Waals surface area contributed by atoms with E-state index in [1.54, 1.807) is 0 Å². The Bertz CT molecular complexity index is 1040. The number of nitrogens with zero attached hydrogens (tertiary/aromatic N) is 3. The molecule has 3 heterocycles. The van der Waals surface area contributed by atoms with E-state index in [1.165, 1.54) is 22.5 Å². The van der Waals surface area contributed by atoms with Gasteiger partial charge >= 0.3 is 0 Å². The van der Waals surface area contributed by atoms with Crippen LogP contribution in [-0.4, -0.2) is 14.7 Å². The fourth-order valence-electron chi connectivity index (χ4n) is 4.74. The van der Waals surface area contributed by atoms with Gasteiger partial charge in [0.25, 0.3) is 0 Å². The van der Waals surface area contributed by atoms with Crippen molar-refractivity contribution in [1.82, 2.24) is 14.9 Å². The Kier molecular flexibility index (Phi) is 5.65. The highest BCUT2D eigenvalue weighted by Gasteiger charge is 2.42. The van der Waals surface area contributed by atoms with Gasteiger partial charge in [-0.3, -0.25) is 4.98 Å². The summed E-state index contributed by atoms with van der Waals surface area (Å²) in [6, 6.07) is 17.6. The first-order valence-corrected chi connectivity index (χ1v) is 11.1. The summed E-state index contributed by atoms with van der Waals surface area (Å²) >= 11 is 5.85. The molecule has 1 aromatic carbocycles. The molecular formula is C25H30N4S. The van der Waals surface area contributed by atoms with Crippen LogP contribution in [0.15, 0.2) is 54.7 Å². The van der Waals surface area contributed by atoms with Gasteiger partial charge in [0, 0.05) is 29.3 Å². The third kappa shape index (κ3) is 3.52. The topological polar surface area (TPSA) is 33.1 Å². The van der Waals surface area contributed by atoms with E-state index >= 15 is 0 Å². The minimum Gasteiger partial charge on any atom is -0.351 e. The van der Waals surface area contributed by atoms with Crippen LogP contribution in [0, 0.1) is 13.8 Å². The number of pyridine rings is 1. The largest absolute Gasteiger partial charge is 0.351 e. The lowest BCUT2D eigenvalue weighted by atomic mass is 9.96. The van der Waals surface area contributed by atoms with E-state index in [0.29, 0.717) is 6.04 Å². The second kappa shape index (κ2) is 8.23. The van der Waals surface area contributed by atoms with Crippen molar-refractivity contribution in [2.45, 2.75) is 59.2 Å². The number of hydrogen-bond donors (Lipinski definition) is 1. The van der Waals surface area contributed by atoms with Crippen LogP contribution in [0.1, 0.15) is 67.1 Å². The summed E-state index contributed by atoms with van der Waals surface area (Å²) in [7, 11) is 0. The van der Waals surface area contributed by atoms with Crippen LogP contribution in [0.4, 0.5) is 5.69 Å². The lowest BCUT2D eigenvalue weighted by Crippen LogP contribution is -2.29. The van der Waals surface area contributed by atoms with Crippen molar-refractivity contribution < 1.29 is 0 Å². The smallest absolute Gasteiger partial charge is 0.174 e. The summed E-state index contributed by atoms with van der Waals surface area (Å²) in [5.74, 6) is 0. The number of aromatic nitrogens is 2. The molecule has 5 heteroatoms. The summed E-state index contributed by atoms with van der Waals surface area (Å²) in [5.41, 5.74) is 7.30. The van der Waals surface area contributed by atoms with Crippen molar-refractivity contribution >= 4 is 23.0 Å². The first kappa shape index (κ1) is 20.6. The first-order valence-electron chi connectivity index (χ1n) is 10.7. The molecule has 156 valence electrons. The van der Waals surface area contributed by atoms with E-state index in [-0.39, 0.29) is 12.1 Å². The number of benzene rings is 1. The Morgan fingerprint density at radius 3 is 2.40 bits per heavy atom. The van der Waals surface area contributed by atoms with Gasteiger partial charge in [-0.1, -0.05) is 25.1 Å². The van der Waals surface area contributed by atoms with Gasteiger partial charge < -0.3 is 14.8 Å². The van der Waals surface area contributed by atoms with Crippen molar-refractivity contribution in [2.24, 2.45) is 0 Å². The zero-order chi connectivity index (χ0) is 21.4. The molecule has 4 rings (SSSR count). The summed E-state index contributed by atoms with van der Waals surface area (Å²) < 4.78 is 2.41. The molecule has 0 amide bonds. The zero-order valence-electron chi connectivity index (χ0n) is 18.4. The Hall–Kier alpha value is -2.66. The van der Waals surface area contributed by atoms with Gasteiger partial charge in [0.1, 0.15) is 0 Å². The molecule has 1 N–H and O–H groups in total. The third-order valence-electron chi connectivity index (χ3n) is 6.08. The second-order valence-electron chi connectivity index (χ2n) is 8.31. The molecule has 30 heavy (non-hydrogen) atoms. The van der Waals surface area contributed by atoms with E-state index in [1.807, 2.05) is 18.3 Å². The van der Waals surface area contributed by atoms with Crippen LogP contribution >= 0.6 is 12.2 Å². The zero-order valence-corrected chi connectivity index (χ0v) is 19.2. The van der Waals surface area contributed by atoms with E-state index in [0.717, 1.165) is 22.9 Å². The van der Waals surface area contributed by atoms with Gasteiger partial charge in [-0.2, -0.15) is 0 Å². The summed E-state index contributed by atoms with van der Waals surface area (Å²) in [6.45, 7) is 11.1. The molecule has 1 saturated heterocycles. The maximum Gasteiger partial charge on any atom is 0.174 e. The van der Waals surface area contributed by atoms with Crippen molar-refractivity contribution in [3.63, 3.8) is 0 Å². The van der Waals surface area contributed by atoms with Crippen molar-refractivity contribution in [3.05, 3.63) is 82.9 Å². The van der Waals surface area contributed by atoms with Gasteiger partial charge in [0.2, 0.25) is 0 Å². The molecule has 2 atom stereocenters. The van der Waals surface area contributed by atoms with Crippen LogP contribution in [0.3, 0.4) is 0 Å². The van der Waals surface area contributed by atoms with Crippen molar-refractivity contribution in [2.75, 3.05) is 4.90 Å². The number of nitrogens with one attached hydrogen (secondary N) is 1. The predicted octanol–water partition coefficient (Wildman–Crippen LogP) is 5.82. The summed E-state index contributed by atoms with van der Waals surface area (Å²) in [5, 5.41) is 4.31. The third-order valence-corrected chi connectivity index (χ3v) is 6.39. The molecule has 1 aliphatic rings. The Morgan fingerprint density at radius 2 is 1.83 bits per heavy atom. The molecule has 4 nitrogen and oxygen atoms in total. The highest BCUT2D eigenvalue weighted by Crippen LogP contribution is 2.43. The van der Waals surface area contributed by atoms with Crippen molar-refractivity contribution in [1.29, 1.82) is 0 Å². The van der Waals surface area contributed by atoms with Gasteiger partial charge in [0.15, 0.2) is 5.11 Å². The quantitative estimate of drug-likeness (QED) is 0.529. The molecule has 3 aromatic rings. The summed E-state index contributed by atoms with van der Waals surface area (Å²) in [4.78, 5) is 6.93. The van der Waals surface area contributed by atoms with Gasteiger partial charge in [-0.15, -0.1) is 0 Å². The summed E-state index contributed by atoms with van der Waals surface area (Å²) in [6.07, 6.45) is 2.88. The Labute approximate surface area is 184 Å². The SMILES string of the molecule is CCc1ccc(N2C(=S)N[C@H](c3ccccn3)[C@@H]2c2cc(C)n(C(C)C)c2C)cc1.